The Balaban J connectivity index is 1.36. The highest BCUT2D eigenvalue weighted by molar-refractivity contribution is 5.93. The second-order valence-electron chi connectivity index (χ2n) is 7.96. The standard InChI is InChI=1S/C27H23N3O3/c1-29(23-9-3-2-4-10-23)26(31)18-30-24-16-22(13-14-25(24)33-27(30)32)28-17-19-11-12-20-7-5-6-8-21(20)15-19/h2-16,28H,17-18H2,1H3. The summed E-state index contributed by atoms with van der Waals surface area (Å²) in [5.41, 5.74) is 3.79. The van der Waals surface area contributed by atoms with E-state index in [1.165, 1.54) is 20.2 Å². The Bertz CT molecular complexity index is 1500. The fourth-order valence-corrected chi connectivity index (χ4v) is 3.91. The maximum atomic E-state index is 12.8. The molecule has 0 saturated carbocycles. The molecule has 0 aliphatic rings. The molecule has 1 heterocycles. The lowest BCUT2D eigenvalue weighted by atomic mass is 10.1. The van der Waals surface area contributed by atoms with Gasteiger partial charge in [-0.2, -0.15) is 0 Å². The highest BCUT2D eigenvalue weighted by atomic mass is 16.4. The predicted molar refractivity (Wildman–Crippen MR) is 132 cm³/mol. The molecule has 0 bridgehead atoms. The Morgan fingerprint density at radius 3 is 2.48 bits per heavy atom. The molecule has 1 N–H and O–H groups in total. The van der Waals surface area contributed by atoms with Gasteiger partial charge in [0.15, 0.2) is 5.58 Å². The van der Waals surface area contributed by atoms with Gasteiger partial charge in [0.1, 0.15) is 6.54 Å². The Kier molecular flexibility index (Phi) is 5.40. The molecular weight excluding hydrogens is 414 g/mol. The zero-order valence-electron chi connectivity index (χ0n) is 18.2. The van der Waals surface area contributed by atoms with Crippen LogP contribution in [0.25, 0.3) is 21.9 Å². The Morgan fingerprint density at radius 1 is 0.909 bits per heavy atom. The van der Waals surface area contributed by atoms with Crippen molar-refractivity contribution in [3.05, 3.63) is 107 Å². The number of carbonyl (C=O) groups is 1. The van der Waals surface area contributed by atoms with E-state index in [-0.39, 0.29) is 12.5 Å². The minimum absolute atomic E-state index is 0.106. The van der Waals surface area contributed by atoms with Gasteiger partial charge in [-0.1, -0.05) is 54.6 Å². The molecule has 0 spiro atoms. The van der Waals surface area contributed by atoms with E-state index in [1.807, 2.05) is 54.6 Å². The van der Waals surface area contributed by atoms with Crippen LogP contribution in [0.3, 0.4) is 0 Å². The fourth-order valence-electron chi connectivity index (χ4n) is 3.91. The number of hydrogen-bond acceptors (Lipinski definition) is 4. The van der Waals surface area contributed by atoms with E-state index in [2.05, 4.69) is 35.6 Å². The van der Waals surface area contributed by atoms with E-state index in [0.29, 0.717) is 17.6 Å². The molecule has 0 atom stereocenters. The number of carbonyl (C=O) groups excluding carboxylic acids is 1. The second-order valence-corrected chi connectivity index (χ2v) is 7.96. The number of fused-ring (bicyclic) bond motifs is 2. The summed E-state index contributed by atoms with van der Waals surface area (Å²) >= 11 is 0. The molecule has 0 unspecified atom stereocenters. The van der Waals surface area contributed by atoms with Crippen LogP contribution in [-0.2, 0) is 17.9 Å². The van der Waals surface area contributed by atoms with E-state index in [0.717, 1.165) is 16.9 Å². The summed E-state index contributed by atoms with van der Waals surface area (Å²) in [4.78, 5) is 26.8. The third kappa shape index (κ3) is 4.23. The van der Waals surface area contributed by atoms with Crippen molar-refractivity contribution in [2.45, 2.75) is 13.1 Å². The van der Waals surface area contributed by atoms with Crippen molar-refractivity contribution in [3.63, 3.8) is 0 Å². The van der Waals surface area contributed by atoms with Gasteiger partial charge in [-0.15, -0.1) is 0 Å². The summed E-state index contributed by atoms with van der Waals surface area (Å²) in [5.74, 6) is -0.757. The van der Waals surface area contributed by atoms with Crippen LogP contribution in [0.2, 0.25) is 0 Å². The number of anilines is 2. The number of amides is 1. The monoisotopic (exact) mass is 437 g/mol. The van der Waals surface area contributed by atoms with Crippen LogP contribution in [0.4, 0.5) is 11.4 Å². The van der Waals surface area contributed by atoms with Gasteiger partial charge in [0.05, 0.1) is 5.52 Å². The van der Waals surface area contributed by atoms with Gasteiger partial charge in [-0.25, -0.2) is 4.79 Å². The fraction of sp³-hybridized carbons (Fsp3) is 0.111. The smallest absolute Gasteiger partial charge is 0.408 e. The largest absolute Gasteiger partial charge is 0.420 e. The third-order valence-electron chi connectivity index (χ3n) is 5.79. The van der Waals surface area contributed by atoms with Crippen LogP contribution in [0.5, 0.6) is 0 Å². The van der Waals surface area contributed by atoms with Crippen LogP contribution in [0.15, 0.2) is 100 Å². The van der Waals surface area contributed by atoms with Crippen molar-refractivity contribution in [2.75, 3.05) is 17.3 Å². The SMILES string of the molecule is CN(C(=O)Cn1c(=O)oc2ccc(NCc3ccc4ccccc4c3)cc21)c1ccccc1. The summed E-state index contributed by atoms with van der Waals surface area (Å²) in [6.07, 6.45) is 0. The highest BCUT2D eigenvalue weighted by Crippen LogP contribution is 2.21. The maximum Gasteiger partial charge on any atom is 0.420 e. The number of aromatic nitrogens is 1. The maximum absolute atomic E-state index is 12.8. The lowest BCUT2D eigenvalue weighted by Crippen LogP contribution is -2.32. The molecule has 6 nitrogen and oxygen atoms in total. The lowest BCUT2D eigenvalue weighted by molar-refractivity contribution is -0.118. The number of nitrogens with one attached hydrogen (secondary N) is 1. The van der Waals surface area contributed by atoms with Crippen molar-refractivity contribution in [1.29, 1.82) is 0 Å². The molecule has 6 heteroatoms. The topological polar surface area (TPSA) is 67.5 Å². The van der Waals surface area contributed by atoms with Gasteiger partial charge in [0.25, 0.3) is 0 Å². The first-order valence-corrected chi connectivity index (χ1v) is 10.7. The number of hydrogen-bond donors (Lipinski definition) is 1. The molecule has 33 heavy (non-hydrogen) atoms. The summed E-state index contributed by atoms with van der Waals surface area (Å²) in [5, 5.41) is 5.80. The predicted octanol–water partition coefficient (Wildman–Crippen LogP) is 5.02. The van der Waals surface area contributed by atoms with E-state index >= 15 is 0 Å². The number of para-hydroxylation sites is 1. The van der Waals surface area contributed by atoms with Crippen molar-refractivity contribution in [1.82, 2.24) is 4.57 Å². The van der Waals surface area contributed by atoms with Gasteiger partial charge in [0, 0.05) is 25.0 Å². The number of rotatable bonds is 6. The molecule has 0 aliphatic heterocycles. The van der Waals surface area contributed by atoms with E-state index in [1.54, 1.807) is 13.1 Å². The Hall–Kier alpha value is -4.32. The molecule has 0 fully saturated rings. The average molecular weight is 437 g/mol. The first-order valence-electron chi connectivity index (χ1n) is 10.7. The van der Waals surface area contributed by atoms with E-state index < -0.39 is 5.76 Å². The normalized spacial score (nSPS) is 11.1. The molecule has 1 amide bonds. The van der Waals surface area contributed by atoms with Gasteiger partial charge in [-0.3, -0.25) is 9.36 Å². The van der Waals surface area contributed by atoms with Gasteiger partial charge in [-0.05, 0) is 52.7 Å². The third-order valence-corrected chi connectivity index (χ3v) is 5.79. The number of benzene rings is 4. The van der Waals surface area contributed by atoms with Crippen molar-refractivity contribution in [2.24, 2.45) is 0 Å². The van der Waals surface area contributed by atoms with Crippen LogP contribution >= 0.6 is 0 Å². The van der Waals surface area contributed by atoms with Crippen molar-refractivity contribution < 1.29 is 9.21 Å². The first-order chi connectivity index (χ1) is 16.1. The molecule has 0 radical (unpaired) electrons. The summed E-state index contributed by atoms with van der Waals surface area (Å²) < 4.78 is 6.73. The van der Waals surface area contributed by atoms with Crippen LogP contribution < -0.4 is 16.0 Å². The molecule has 164 valence electrons. The first kappa shape index (κ1) is 20.6. The Morgan fingerprint density at radius 2 is 1.67 bits per heavy atom. The van der Waals surface area contributed by atoms with Crippen LogP contribution in [0.1, 0.15) is 5.56 Å². The molecule has 1 aromatic heterocycles. The second kappa shape index (κ2) is 8.67. The number of nitrogens with zero attached hydrogens (tertiary/aromatic N) is 2. The van der Waals surface area contributed by atoms with Crippen LogP contribution in [0, 0.1) is 0 Å². The number of likely N-dealkylation sites (N-methyl/N-ethyl adjacent to an activating group) is 1. The minimum atomic E-state index is -0.550. The highest BCUT2D eigenvalue weighted by Gasteiger charge is 2.17. The van der Waals surface area contributed by atoms with E-state index in [4.69, 9.17) is 4.42 Å². The molecule has 5 aromatic rings. The van der Waals surface area contributed by atoms with Gasteiger partial charge >= 0.3 is 5.76 Å². The van der Waals surface area contributed by atoms with E-state index in [9.17, 15) is 9.59 Å². The van der Waals surface area contributed by atoms with Gasteiger partial charge < -0.3 is 14.6 Å². The van der Waals surface area contributed by atoms with Crippen molar-refractivity contribution in [3.8, 4) is 0 Å². The van der Waals surface area contributed by atoms with Gasteiger partial charge in [0.2, 0.25) is 5.91 Å². The lowest BCUT2D eigenvalue weighted by Gasteiger charge is -2.17. The molecule has 5 rings (SSSR count). The summed E-state index contributed by atoms with van der Waals surface area (Å²) in [6, 6.07) is 29.4. The molecular formula is C27H23N3O3. The quantitative estimate of drug-likeness (QED) is 0.405. The van der Waals surface area contributed by atoms with Crippen LogP contribution in [-0.4, -0.2) is 17.5 Å². The minimum Gasteiger partial charge on any atom is -0.408 e. The summed E-state index contributed by atoms with van der Waals surface area (Å²) in [6.45, 7) is 0.527. The average Bonchev–Trinajstić information content (AvgIpc) is 3.16. The van der Waals surface area contributed by atoms with Crippen molar-refractivity contribution >= 4 is 39.2 Å². The zero-order valence-corrected chi connectivity index (χ0v) is 18.2. The molecule has 4 aromatic carbocycles. The molecule has 0 saturated heterocycles. The zero-order chi connectivity index (χ0) is 22.8. The Labute approximate surface area is 190 Å². The summed E-state index contributed by atoms with van der Waals surface area (Å²) in [7, 11) is 1.70. The number of oxazole rings is 1. The molecule has 0 aliphatic carbocycles.